The number of hydrogen-bond donors (Lipinski definition) is 0. The molecule has 0 radical (unpaired) electrons. The van der Waals surface area contributed by atoms with E-state index in [1.165, 1.54) is 28.1 Å². The second-order valence-electron chi connectivity index (χ2n) is 5.77. The number of esters is 2. The van der Waals surface area contributed by atoms with Crippen LogP contribution in [-0.2, 0) is 28.5 Å². The van der Waals surface area contributed by atoms with Gasteiger partial charge in [-0.25, -0.2) is 9.36 Å². The van der Waals surface area contributed by atoms with E-state index >= 15 is 0 Å². The number of ether oxygens (including phenoxy) is 4. The van der Waals surface area contributed by atoms with Crippen molar-refractivity contribution >= 4 is 17.6 Å². The summed E-state index contributed by atoms with van der Waals surface area (Å²) in [6, 6.07) is 0. The molecule has 0 amide bonds. The van der Waals surface area contributed by atoms with E-state index in [1.54, 1.807) is 0 Å². The molecule has 0 N–H and O–H groups in total. The summed E-state index contributed by atoms with van der Waals surface area (Å²) in [5.41, 5.74) is -3.00. The van der Waals surface area contributed by atoms with Gasteiger partial charge in [0, 0.05) is 40.9 Å². The zero-order valence-corrected chi connectivity index (χ0v) is 16.5. The van der Waals surface area contributed by atoms with Crippen LogP contribution in [0.3, 0.4) is 0 Å². The number of carbonyl (C=O) groups is 2. The van der Waals surface area contributed by atoms with Crippen molar-refractivity contribution in [3.05, 3.63) is 37.1 Å². The minimum atomic E-state index is -1.23. The number of methoxy groups -OCH3 is 2. The van der Waals surface area contributed by atoms with Crippen LogP contribution in [0.5, 0.6) is 0 Å². The predicted octanol–water partition coefficient (Wildman–Crippen LogP) is 0.115. The van der Waals surface area contributed by atoms with E-state index in [4.69, 9.17) is 18.9 Å². The molecule has 13 nitrogen and oxygen atoms in total. The first-order valence-electron chi connectivity index (χ1n) is 8.48. The van der Waals surface area contributed by atoms with Crippen molar-refractivity contribution in [2.45, 2.75) is 39.1 Å². The van der Waals surface area contributed by atoms with Crippen molar-refractivity contribution in [1.29, 1.82) is 0 Å². The maximum atomic E-state index is 12.9. The maximum absolute atomic E-state index is 12.9. The fraction of sp³-hybridized carbons (Fsp3) is 0.625. The summed E-state index contributed by atoms with van der Waals surface area (Å²) in [5, 5.41) is 11.3. The Labute approximate surface area is 164 Å². The summed E-state index contributed by atoms with van der Waals surface area (Å²) in [4.78, 5) is 57.6. The molecule has 1 aromatic rings. The minimum Gasteiger partial charge on any atom is -0.466 e. The molecule has 0 aliphatic carbocycles. The summed E-state index contributed by atoms with van der Waals surface area (Å²) in [6.07, 6.45) is -1.62. The summed E-state index contributed by atoms with van der Waals surface area (Å²) >= 11 is 0. The zero-order chi connectivity index (χ0) is 22.1. The smallest absolute Gasteiger partial charge is 0.350 e. The van der Waals surface area contributed by atoms with Crippen molar-refractivity contribution in [2.24, 2.45) is 0 Å². The number of nitro groups is 1. The maximum Gasteiger partial charge on any atom is 0.350 e. The molecule has 29 heavy (non-hydrogen) atoms. The average molecular weight is 417 g/mol. The molecule has 2 unspecified atom stereocenters. The van der Waals surface area contributed by atoms with Gasteiger partial charge in [0.05, 0.1) is 24.3 Å². The summed E-state index contributed by atoms with van der Waals surface area (Å²) in [7, 11) is 2.45. The fourth-order valence-corrected chi connectivity index (χ4v) is 2.49. The Bertz CT molecular complexity index is 859. The SMILES string of the molecule is COC(CCOC(C)=O)n1cc([N+](=O)[O-])c(=O)n(C(CCOC(C)=O)OC)c1=O. The van der Waals surface area contributed by atoms with Crippen LogP contribution in [0.2, 0.25) is 0 Å². The van der Waals surface area contributed by atoms with Gasteiger partial charge in [-0.05, 0) is 0 Å². The molecule has 1 heterocycles. The van der Waals surface area contributed by atoms with Crippen molar-refractivity contribution in [3.63, 3.8) is 0 Å². The molecule has 13 heteroatoms. The highest BCUT2D eigenvalue weighted by Crippen LogP contribution is 2.15. The molecule has 0 saturated heterocycles. The van der Waals surface area contributed by atoms with Gasteiger partial charge >= 0.3 is 28.9 Å². The Morgan fingerprint density at radius 2 is 1.52 bits per heavy atom. The number of hydrogen-bond acceptors (Lipinski definition) is 10. The lowest BCUT2D eigenvalue weighted by Crippen LogP contribution is -2.45. The van der Waals surface area contributed by atoms with E-state index in [2.05, 4.69) is 0 Å². The van der Waals surface area contributed by atoms with Crippen LogP contribution >= 0.6 is 0 Å². The van der Waals surface area contributed by atoms with Crippen LogP contribution in [0.15, 0.2) is 15.8 Å². The van der Waals surface area contributed by atoms with Crippen LogP contribution in [0.1, 0.15) is 39.1 Å². The van der Waals surface area contributed by atoms with E-state index in [9.17, 15) is 29.3 Å². The molecule has 0 bridgehead atoms. The van der Waals surface area contributed by atoms with Gasteiger partial charge in [0.1, 0.15) is 12.5 Å². The number of aromatic nitrogens is 2. The molecule has 2 atom stereocenters. The Hall–Kier alpha value is -3.06. The Kier molecular flexibility index (Phi) is 9.15. The number of rotatable bonds is 11. The lowest BCUT2D eigenvalue weighted by atomic mass is 10.3. The van der Waals surface area contributed by atoms with E-state index in [0.717, 1.165) is 10.8 Å². The molecule has 0 aliphatic heterocycles. The quantitative estimate of drug-likeness (QED) is 0.275. The van der Waals surface area contributed by atoms with Gasteiger partial charge in [-0.3, -0.25) is 29.1 Å². The fourth-order valence-electron chi connectivity index (χ4n) is 2.49. The zero-order valence-electron chi connectivity index (χ0n) is 16.5. The summed E-state index contributed by atoms with van der Waals surface area (Å²) in [6.45, 7) is 2.09. The average Bonchev–Trinajstić information content (AvgIpc) is 2.63. The Balaban J connectivity index is 3.42. The first-order valence-corrected chi connectivity index (χ1v) is 8.48. The van der Waals surface area contributed by atoms with Crippen molar-refractivity contribution in [1.82, 2.24) is 9.13 Å². The second kappa shape index (κ2) is 11.1. The van der Waals surface area contributed by atoms with Gasteiger partial charge in [0.15, 0.2) is 0 Å². The molecule has 162 valence electrons. The molecular weight excluding hydrogens is 394 g/mol. The highest BCUT2D eigenvalue weighted by molar-refractivity contribution is 5.66. The Morgan fingerprint density at radius 1 is 1.03 bits per heavy atom. The topological polar surface area (TPSA) is 158 Å². The van der Waals surface area contributed by atoms with Gasteiger partial charge < -0.3 is 18.9 Å². The van der Waals surface area contributed by atoms with Gasteiger partial charge in [-0.15, -0.1) is 0 Å². The lowest BCUT2D eigenvalue weighted by molar-refractivity contribution is -0.387. The third kappa shape index (κ3) is 6.50. The van der Waals surface area contributed by atoms with E-state index < -0.39 is 46.3 Å². The number of nitrogens with zero attached hydrogens (tertiary/aromatic N) is 3. The van der Waals surface area contributed by atoms with E-state index in [0.29, 0.717) is 4.57 Å². The molecule has 0 aliphatic rings. The Morgan fingerprint density at radius 3 is 1.93 bits per heavy atom. The minimum absolute atomic E-state index is 0.00353. The van der Waals surface area contributed by atoms with Crippen LogP contribution in [0.4, 0.5) is 5.69 Å². The summed E-state index contributed by atoms with van der Waals surface area (Å²) in [5.74, 6) is -1.12. The van der Waals surface area contributed by atoms with Gasteiger partial charge in [-0.1, -0.05) is 0 Å². The largest absolute Gasteiger partial charge is 0.466 e. The molecule has 0 fully saturated rings. The third-order valence-electron chi connectivity index (χ3n) is 3.81. The molecular formula is C16H23N3O10. The van der Waals surface area contributed by atoms with E-state index in [-0.39, 0.29) is 26.1 Å². The molecule has 0 saturated carbocycles. The monoisotopic (exact) mass is 417 g/mol. The molecule has 1 aromatic heterocycles. The van der Waals surface area contributed by atoms with Crippen LogP contribution in [0.25, 0.3) is 0 Å². The van der Waals surface area contributed by atoms with Gasteiger partial charge in [-0.2, -0.15) is 0 Å². The first-order chi connectivity index (χ1) is 13.6. The first kappa shape index (κ1) is 24.0. The summed E-state index contributed by atoms with van der Waals surface area (Å²) < 4.78 is 21.3. The molecule has 0 aromatic carbocycles. The van der Waals surface area contributed by atoms with Gasteiger partial charge in [0.25, 0.3) is 0 Å². The van der Waals surface area contributed by atoms with E-state index in [1.807, 2.05) is 0 Å². The third-order valence-corrected chi connectivity index (χ3v) is 3.81. The van der Waals surface area contributed by atoms with Crippen molar-refractivity contribution in [3.8, 4) is 0 Å². The van der Waals surface area contributed by atoms with Crippen LogP contribution in [-0.4, -0.2) is 53.4 Å². The standard InChI is InChI=1S/C16H23N3O10/c1-10(20)28-7-5-13(26-3)17-9-12(19(24)25)15(22)18(16(17)23)14(27-4)6-8-29-11(2)21/h9,13-14H,5-8H2,1-4H3. The highest BCUT2D eigenvalue weighted by atomic mass is 16.6. The second-order valence-corrected chi connectivity index (χ2v) is 5.77. The predicted molar refractivity (Wildman–Crippen MR) is 96.2 cm³/mol. The van der Waals surface area contributed by atoms with Crippen molar-refractivity contribution < 1.29 is 33.5 Å². The highest BCUT2D eigenvalue weighted by Gasteiger charge is 2.27. The lowest BCUT2D eigenvalue weighted by Gasteiger charge is -2.22. The van der Waals surface area contributed by atoms with Crippen LogP contribution in [0, 0.1) is 10.1 Å². The van der Waals surface area contributed by atoms with Gasteiger partial charge in [0.2, 0.25) is 0 Å². The molecule has 1 rings (SSSR count). The normalized spacial score (nSPS) is 12.8. The molecule has 0 spiro atoms. The van der Waals surface area contributed by atoms with Crippen LogP contribution < -0.4 is 11.2 Å². The number of carbonyl (C=O) groups excluding carboxylic acids is 2. The van der Waals surface area contributed by atoms with Crippen molar-refractivity contribution in [2.75, 3.05) is 27.4 Å².